The number of aryl methyl sites for hydroxylation is 3. The summed E-state index contributed by atoms with van der Waals surface area (Å²) in [5.74, 6) is 3.53. The van der Waals surface area contributed by atoms with Crippen molar-refractivity contribution in [2.75, 3.05) is 88.0 Å². The van der Waals surface area contributed by atoms with E-state index in [2.05, 4.69) is 26.1 Å². The van der Waals surface area contributed by atoms with Gasteiger partial charge in [-0.25, -0.2) is 14.4 Å². The van der Waals surface area contributed by atoms with Crippen LogP contribution in [-0.2, 0) is 37.9 Å². The molecule has 0 bridgehead atoms. The summed E-state index contributed by atoms with van der Waals surface area (Å²) in [4.78, 5) is 50.1. The third-order valence-corrected chi connectivity index (χ3v) is 19.3. The molecule has 3 heterocycles. The molecule has 12 rings (SSSR count). The third-order valence-electron chi connectivity index (χ3n) is 18.4. The highest BCUT2D eigenvalue weighted by Crippen LogP contribution is 2.47. The van der Waals surface area contributed by atoms with Crippen LogP contribution in [0.25, 0.3) is 66.1 Å². The van der Waals surface area contributed by atoms with Crippen LogP contribution in [0.5, 0.6) is 86.2 Å². The van der Waals surface area contributed by atoms with Crippen molar-refractivity contribution in [1.29, 1.82) is 0 Å². The van der Waals surface area contributed by atoms with Gasteiger partial charge in [0.1, 0.15) is 92.8 Å². The van der Waals surface area contributed by atoms with Gasteiger partial charge in [0.05, 0.1) is 86.0 Å². The van der Waals surface area contributed by atoms with E-state index < -0.39 is 57.9 Å². The lowest BCUT2D eigenvalue weighted by molar-refractivity contribution is -0.275. The van der Waals surface area contributed by atoms with E-state index in [0.717, 1.165) is 68.5 Å². The van der Waals surface area contributed by atoms with E-state index in [1.165, 1.54) is 57.7 Å². The van der Waals surface area contributed by atoms with Crippen LogP contribution in [-0.4, -0.2) is 140 Å². The van der Waals surface area contributed by atoms with Crippen LogP contribution in [0, 0.1) is 20.8 Å². The van der Waals surface area contributed by atoms with Gasteiger partial charge in [0.25, 0.3) is 0 Å². The molecule has 0 spiro atoms. The topological polar surface area (TPSA) is 274 Å². The number of aromatic nitrogens is 3. The SMILES string of the molecule is CCCCCCCOC(=O)OCOc1c(-c2ccc(Oc3ccc(OC(F)(F)F)cc3)cc2)c(C)nc2cc(OC)c(Cl)cc12.CCOC(=O)OCOc1c(-c2ccc(Oc3ccc(OC(F)(F)F)cc3)cc2)c(C)nc2cc(OC)c(Cl)cc12.CCOCCOCCOC(=O)OCOc1c(-c2ccc(Oc3ccc(OC(F)(F)F)cc3)cc2)c(C)nc2cc(OC)c(Cl)cc12. The second-order valence-corrected chi connectivity index (χ2v) is 28.7. The van der Waals surface area contributed by atoms with Gasteiger partial charge in [-0.05, 0) is 185 Å². The molecular formula is C93H87Cl3F9N3O23. The number of nitrogens with zero attached hydrogens (tertiary/aromatic N) is 3. The Kier molecular flexibility index (Phi) is 36.5. The molecule has 0 fully saturated rings. The van der Waals surface area contributed by atoms with Gasteiger partial charge in [0, 0.05) is 74.7 Å². The quantitative estimate of drug-likeness (QED) is 0.0114. The Morgan fingerprint density at radius 1 is 0.321 bits per heavy atom. The summed E-state index contributed by atoms with van der Waals surface area (Å²) in [6.07, 6.45) is -11.9. The second kappa shape index (κ2) is 47.9. The van der Waals surface area contributed by atoms with Gasteiger partial charge in [0.15, 0.2) is 0 Å². The van der Waals surface area contributed by atoms with Crippen LogP contribution in [0.4, 0.5) is 53.9 Å². The zero-order chi connectivity index (χ0) is 94.4. The first kappa shape index (κ1) is 99.9. The van der Waals surface area contributed by atoms with Crippen LogP contribution < -0.4 is 56.8 Å². The number of benzene rings is 9. The first-order valence-electron chi connectivity index (χ1n) is 40.1. The van der Waals surface area contributed by atoms with E-state index in [4.69, 9.17) is 125 Å². The number of fused-ring (bicyclic) bond motifs is 3. The van der Waals surface area contributed by atoms with E-state index in [1.54, 1.807) is 130 Å². The fourth-order valence-corrected chi connectivity index (χ4v) is 13.4. The molecule has 0 N–H and O–H groups in total. The van der Waals surface area contributed by atoms with Crippen LogP contribution in [0.2, 0.25) is 15.1 Å². The van der Waals surface area contributed by atoms with Crippen LogP contribution >= 0.6 is 34.8 Å². The maximum atomic E-state index is 12.5. The van der Waals surface area contributed by atoms with Gasteiger partial charge < -0.3 is 94.7 Å². The van der Waals surface area contributed by atoms with Crippen molar-refractivity contribution in [3.05, 3.63) is 214 Å². The maximum absolute atomic E-state index is 12.5. The largest absolute Gasteiger partial charge is 0.573 e. The number of carbonyl (C=O) groups is 3. The highest BCUT2D eigenvalue weighted by atomic mass is 35.5. The number of hydrogen-bond donors (Lipinski definition) is 0. The molecular weight excluding hydrogens is 1800 g/mol. The summed E-state index contributed by atoms with van der Waals surface area (Å²) in [6, 6.07) is 45.8. The number of carbonyl (C=O) groups excluding carboxylic acids is 3. The summed E-state index contributed by atoms with van der Waals surface area (Å²) < 4.78 is 216. The highest BCUT2D eigenvalue weighted by molar-refractivity contribution is 6.34. The second-order valence-electron chi connectivity index (χ2n) is 27.5. The summed E-state index contributed by atoms with van der Waals surface area (Å²) in [7, 11) is 4.49. The molecule has 131 heavy (non-hydrogen) atoms. The minimum atomic E-state index is -4.79. The van der Waals surface area contributed by atoms with Crippen molar-refractivity contribution >= 4 is 86.0 Å². The summed E-state index contributed by atoms with van der Waals surface area (Å²) in [6.45, 7) is 11.7. The Morgan fingerprint density at radius 2 is 0.595 bits per heavy atom. The van der Waals surface area contributed by atoms with Crippen molar-refractivity contribution < 1.29 is 149 Å². The fourth-order valence-electron chi connectivity index (χ4n) is 12.7. The minimum Gasteiger partial charge on any atom is -0.495 e. The summed E-state index contributed by atoms with van der Waals surface area (Å²) in [5.41, 5.74) is 7.36. The Hall–Kier alpha value is -13.2. The molecule has 38 heteroatoms. The van der Waals surface area contributed by atoms with E-state index in [9.17, 15) is 53.9 Å². The highest BCUT2D eigenvalue weighted by Gasteiger charge is 2.34. The lowest BCUT2D eigenvalue weighted by Gasteiger charge is -2.18. The fraction of sp³-hybridized carbons (Fsp3) is 0.290. The van der Waals surface area contributed by atoms with Crippen molar-refractivity contribution in [3.63, 3.8) is 0 Å². The first-order valence-corrected chi connectivity index (χ1v) is 41.2. The molecule has 0 amide bonds. The lowest BCUT2D eigenvalue weighted by Crippen LogP contribution is -2.16. The molecule has 0 aliphatic carbocycles. The van der Waals surface area contributed by atoms with Gasteiger partial charge >= 0.3 is 37.6 Å². The molecule has 0 aliphatic rings. The van der Waals surface area contributed by atoms with Crippen LogP contribution in [0.15, 0.2) is 182 Å². The molecule has 26 nitrogen and oxygen atoms in total. The zero-order valence-electron chi connectivity index (χ0n) is 71.7. The molecule has 0 aliphatic heterocycles. The predicted octanol–water partition coefficient (Wildman–Crippen LogP) is 26.2. The molecule has 0 saturated carbocycles. The lowest BCUT2D eigenvalue weighted by atomic mass is 10.00. The molecule has 0 radical (unpaired) electrons. The number of alkyl halides is 9. The smallest absolute Gasteiger partial charge is 0.495 e. The standard InChI is InChI=1S/C33H33ClF3NO7.C32H31ClF3NO9.C28H23ClF3NO7/c1-4-5-6-7-8-17-41-32(39)43-20-42-31-26-18-27(34)29(40-3)19-28(26)38-21(2)30(31)22-9-11-23(12-10-22)44-24-13-15-25(16-14-24)45-33(35,36)37;1-4-40-13-14-41-15-16-42-31(38)44-19-43-30-25-17-26(33)28(39-3)18-27(25)37-20(2)29(30)21-5-7-22(8-6-21)45-23-9-11-24(12-10-23)46-32(34,35)36;1-4-36-27(34)38-15-37-26-21-13-22(29)24(35-3)14-23(21)33-16(2)25(26)17-5-7-18(8-6-17)39-19-9-11-20(12-10-19)40-28(30,31)32/h9-16,18-19H,4-8,17,20H2,1-3H3;5-12,17-18H,4,13-16,19H2,1-3H3;5-14H,4,15H2,1-3H3. The number of hydrogen-bond acceptors (Lipinski definition) is 26. The minimum absolute atomic E-state index is 0.0111. The predicted molar refractivity (Wildman–Crippen MR) is 466 cm³/mol. The van der Waals surface area contributed by atoms with Crippen molar-refractivity contribution in [2.24, 2.45) is 0 Å². The van der Waals surface area contributed by atoms with Gasteiger partial charge in [-0.3, -0.25) is 15.0 Å². The number of pyridine rings is 3. The molecule has 12 aromatic rings. The van der Waals surface area contributed by atoms with Gasteiger partial charge in [0.2, 0.25) is 20.4 Å². The third kappa shape index (κ3) is 30.2. The van der Waals surface area contributed by atoms with E-state index in [-0.39, 0.29) is 43.7 Å². The Balaban J connectivity index is 0.000000205. The Labute approximate surface area is 760 Å². The molecule has 0 atom stereocenters. The van der Waals surface area contributed by atoms with E-state index >= 15 is 0 Å². The first-order chi connectivity index (χ1) is 62.7. The Morgan fingerprint density at radius 3 is 0.885 bits per heavy atom. The monoisotopic (exact) mass is 1890 g/mol. The van der Waals surface area contributed by atoms with E-state index in [0.29, 0.717) is 187 Å². The number of ether oxygens (including phenoxy) is 20. The normalized spacial score (nSPS) is 11.2. The number of halogens is 12. The molecule has 9 aromatic carbocycles. The summed E-state index contributed by atoms with van der Waals surface area (Å²) >= 11 is 19.3. The van der Waals surface area contributed by atoms with Crippen LogP contribution in [0.1, 0.15) is 70.0 Å². The molecule has 696 valence electrons. The van der Waals surface area contributed by atoms with Gasteiger partial charge in [-0.15, -0.1) is 39.5 Å². The zero-order valence-corrected chi connectivity index (χ0v) is 74.0. The Bertz CT molecular complexity index is 5790. The average Bonchev–Trinajstić information content (AvgIpc) is 0.770. The molecule has 0 saturated heterocycles. The van der Waals surface area contributed by atoms with E-state index in [1.807, 2.05) is 13.8 Å². The maximum Gasteiger partial charge on any atom is 0.573 e. The summed E-state index contributed by atoms with van der Waals surface area (Å²) in [5, 5.41) is 2.64. The van der Waals surface area contributed by atoms with Crippen molar-refractivity contribution in [1.82, 2.24) is 15.0 Å². The van der Waals surface area contributed by atoms with Gasteiger partial charge in [-0.1, -0.05) is 104 Å². The molecule has 3 aromatic heterocycles. The number of unbranched alkanes of at least 4 members (excludes halogenated alkanes) is 4. The van der Waals surface area contributed by atoms with Gasteiger partial charge in [-0.2, -0.15) is 0 Å². The number of methoxy groups -OCH3 is 3. The average molecular weight is 1890 g/mol. The van der Waals surface area contributed by atoms with Crippen molar-refractivity contribution in [2.45, 2.75) is 92.7 Å². The molecule has 0 unspecified atom stereocenters. The van der Waals surface area contributed by atoms with Crippen LogP contribution in [0.3, 0.4) is 0 Å². The number of rotatable bonds is 38. The van der Waals surface area contributed by atoms with Crippen molar-refractivity contribution in [3.8, 4) is 120 Å².